The maximum atomic E-state index is 5.71. The standard InChI is InChI=1S/C13H16N4S/c1-9-3-4-10(13(14)18)11(7-9)16-8-12-15-5-6-17(12)2/h3-7,16H,8H2,1-2H3,(H2,14,18). The number of nitrogens with two attached hydrogens (primary N) is 1. The van der Waals surface area contributed by atoms with Crippen LogP contribution in [-0.2, 0) is 13.6 Å². The zero-order valence-electron chi connectivity index (χ0n) is 10.5. The highest BCUT2D eigenvalue weighted by molar-refractivity contribution is 7.80. The SMILES string of the molecule is Cc1ccc(C(N)=S)c(NCc2nccn2C)c1. The second-order valence-electron chi connectivity index (χ2n) is 4.22. The molecular weight excluding hydrogens is 244 g/mol. The van der Waals surface area contributed by atoms with E-state index in [9.17, 15) is 0 Å². The highest BCUT2D eigenvalue weighted by atomic mass is 32.1. The fraction of sp³-hybridized carbons (Fsp3) is 0.231. The zero-order valence-corrected chi connectivity index (χ0v) is 11.3. The summed E-state index contributed by atoms with van der Waals surface area (Å²) < 4.78 is 1.98. The largest absolute Gasteiger partial charge is 0.389 e. The van der Waals surface area contributed by atoms with Crippen molar-refractivity contribution >= 4 is 22.9 Å². The van der Waals surface area contributed by atoms with Crippen LogP contribution in [0, 0.1) is 6.92 Å². The number of imidazole rings is 1. The maximum Gasteiger partial charge on any atom is 0.127 e. The number of nitrogens with one attached hydrogen (secondary N) is 1. The van der Waals surface area contributed by atoms with E-state index in [-0.39, 0.29) is 0 Å². The van der Waals surface area contributed by atoms with Crippen molar-refractivity contribution < 1.29 is 0 Å². The Hall–Kier alpha value is -1.88. The molecule has 1 aromatic heterocycles. The Morgan fingerprint density at radius 2 is 2.28 bits per heavy atom. The van der Waals surface area contributed by atoms with Crippen LogP contribution in [0.1, 0.15) is 17.0 Å². The summed E-state index contributed by atoms with van der Waals surface area (Å²) in [5.41, 5.74) is 8.69. The van der Waals surface area contributed by atoms with E-state index in [1.54, 1.807) is 6.20 Å². The molecule has 0 radical (unpaired) electrons. The highest BCUT2D eigenvalue weighted by Gasteiger charge is 2.06. The number of aromatic nitrogens is 2. The summed E-state index contributed by atoms with van der Waals surface area (Å²) in [6.45, 7) is 2.68. The van der Waals surface area contributed by atoms with Crippen molar-refractivity contribution in [3.05, 3.63) is 47.5 Å². The molecule has 1 heterocycles. The molecule has 0 aliphatic carbocycles. The molecule has 0 bridgehead atoms. The lowest BCUT2D eigenvalue weighted by Gasteiger charge is -2.12. The maximum absolute atomic E-state index is 5.71. The van der Waals surface area contributed by atoms with E-state index in [0.717, 1.165) is 22.6 Å². The van der Waals surface area contributed by atoms with E-state index in [1.165, 1.54) is 0 Å². The normalized spacial score (nSPS) is 10.3. The van der Waals surface area contributed by atoms with Gasteiger partial charge in [-0.2, -0.15) is 0 Å². The van der Waals surface area contributed by atoms with Crippen molar-refractivity contribution in [1.29, 1.82) is 0 Å². The third-order valence-corrected chi connectivity index (χ3v) is 3.02. The molecule has 5 heteroatoms. The third kappa shape index (κ3) is 2.68. The average Bonchev–Trinajstić information content (AvgIpc) is 2.72. The summed E-state index contributed by atoms with van der Waals surface area (Å²) in [4.78, 5) is 4.66. The molecule has 3 N–H and O–H groups in total. The smallest absolute Gasteiger partial charge is 0.127 e. The summed E-state index contributed by atoms with van der Waals surface area (Å²) in [7, 11) is 1.97. The monoisotopic (exact) mass is 260 g/mol. The molecule has 0 fully saturated rings. The quantitative estimate of drug-likeness (QED) is 0.825. The van der Waals surface area contributed by atoms with Gasteiger partial charge in [0.1, 0.15) is 10.8 Å². The summed E-state index contributed by atoms with van der Waals surface area (Å²) >= 11 is 5.05. The highest BCUT2D eigenvalue weighted by Crippen LogP contribution is 2.18. The van der Waals surface area contributed by atoms with Gasteiger partial charge in [-0.3, -0.25) is 0 Å². The van der Waals surface area contributed by atoms with Gasteiger partial charge in [0.2, 0.25) is 0 Å². The van der Waals surface area contributed by atoms with E-state index in [0.29, 0.717) is 11.5 Å². The van der Waals surface area contributed by atoms with Crippen LogP contribution in [0.5, 0.6) is 0 Å². The molecule has 0 spiro atoms. The number of anilines is 1. The number of nitrogens with zero attached hydrogens (tertiary/aromatic N) is 2. The topological polar surface area (TPSA) is 55.9 Å². The minimum Gasteiger partial charge on any atom is -0.389 e. The Balaban J connectivity index is 2.20. The van der Waals surface area contributed by atoms with Crippen LogP contribution in [0.15, 0.2) is 30.6 Å². The first-order valence-electron chi connectivity index (χ1n) is 5.68. The predicted octanol–water partition coefficient (Wildman–Crippen LogP) is 1.97. The molecule has 1 aromatic carbocycles. The van der Waals surface area contributed by atoms with Crippen LogP contribution in [-0.4, -0.2) is 14.5 Å². The Morgan fingerprint density at radius 1 is 1.50 bits per heavy atom. The second-order valence-corrected chi connectivity index (χ2v) is 4.66. The molecule has 0 aliphatic rings. The lowest BCUT2D eigenvalue weighted by molar-refractivity contribution is 0.813. The molecule has 0 saturated heterocycles. The Bertz CT molecular complexity index is 574. The third-order valence-electron chi connectivity index (χ3n) is 2.80. The van der Waals surface area contributed by atoms with Crippen LogP contribution in [0.2, 0.25) is 0 Å². The first-order valence-corrected chi connectivity index (χ1v) is 6.09. The van der Waals surface area contributed by atoms with Crippen molar-refractivity contribution in [3.8, 4) is 0 Å². The number of thiocarbonyl (C=S) groups is 1. The summed E-state index contributed by atoms with van der Waals surface area (Å²) in [5, 5.41) is 3.33. The molecule has 0 saturated carbocycles. The van der Waals surface area contributed by atoms with Gasteiger partial charge in [-0.05, 0) is 24.6 Å². The van der Waals surface area contributed by atoms with Crippen LogP contribution in [0.3, 0.4) is 0 Å². The van der Waals surface area contributed by atoms with Gasteiger partial charge in [0, 0.05) is 30.7 Å². The van der Waals surface area contributed by atoms with E-state index in [2.05, 4.69) is 10.3 Å². The Kier molecular flexibility index (Phi) is 3.62. The molecule has 4 nitrogen and oxygen atoms in total. The minimum absolute atomic E-state index is 0.400. The fourth-order valence-corrected chi connectivity index (χ4v) is 1.94. The van der Waals surface area contributed by atoms with Gasteiger partial charge in [-0.1, -0.05) is 18.3 Å². The van der Waals surface area contributed by atoms with E-state index in [4.69, 9.17) is 18.0 Å². The van der Waals surface area contributed by atoms with Gasteiger partial charge in [0.15, 0.2) is 0 Å². The van der Waals surface area contributed by atoms with Crippen molar-refractivity contribution in [2.24, 2.45) is 12.8 Å². The number of hydrogen-bond donors (Lipinski definition) is 2. The molecule has 0 atom stereocenters. The Labute approximate surface area is 112 Å². The van der Waals surface area contributed by atoms with Crippen LogP contribution < -0.4 is 11.1 Å². The van der Waals surface area contributed by atoms with Gasteiger partial charge in [0.05, 0.1) is 6.54 Å². The van der Waals surface area contributed by atoms with Crippen LogP contribution in [0.25, 0.3) is 0 Å². The minimum atomic E-state index is 0.400. The van der Waals surface area contributed by atoms with Gasteiger partial charge in [-0.25, -0.2) is 4.98 Å². The summed E-state index contributed by atoms with van der Waals surface area (Å²) in [6, 6.07) is 5.98. The predicted molar refractivity (Wildman–Crippen MR) is 77.6 cm³/mol. The lowest BCUT2D eigenvalue weighted by Crippen LogP contribution is -2.14. The number of rotatable bonds is 4. The molecule has 94 valence electrons. The molecule has 18 heavy (non-hydrogen) atoms. The van der Waals surface area contributed by atoms with Gasteiger partial charge < -0.3 is 15.6 Å². The second kappa shape index (κ2) is 5.18. The zero-order chi connectivity index (χ0) is 13.1. The molecule has 0 unspecified atom stereocenters. The van der Waals surface area contributed by atoms with Crippen molar-refractivity contribution in [2.75, 3.05) is 5.32 Å². The average molecular weight is 260 g/mol. The molecular formula is C13H16N4S. The van der Waals surface area contributed by atoms with Crippen molar-refractivity contribution in [3.63, 3.8) is 0 Å². The number of hydrogen-bond acceptors (Lipinski definition) is 3. The van der Waals surface area contributed by atoms with Gasteiger partial charge >= 0.3 is 0 Å². The van der Waals surface area contributed by atoms with Gasteiger partial charge in [0.25, 0.3) is 0 Å². The number of benzene rings is 1. The summed E-state index contributed by atoms with van der Waals surface area (Å²) in [5.74, 6) is 0.963. The fourth-order valence-electron chi connectivity index (χ4n) is 1.76. The van der Waals surface area contributed by atoms with E-state index in [1.807, 2.05) is 42.9 Å². The van der Waals surface area contributed by atoms with Crippen LogP contribution in [0.4, 0.5) is 5.69 Å². The molecule has 2 aromatic rings. The van der Waals surface area contributed by atoms with Crippen molar-refractivity contribution in [2.45, 2.75) is 13.5 Å². The molecule has 0 aliphatic heterocycles. The first kappa shape index (κ1) is 12.6. The van der Waals surface area contributed by atoms with E-state index < -0.39 is 0 Å². The Morgan fingerprint density at radius 3 is 2.89 bits per heavy atom. The lowest BCUT2D eigenvalue weighted by atomic mass is 10.1. The van der Waals surface area contributed by atoms with Crippen LogP contribution >= 0.6 is 12.2 Å². The summed E-state index contributed by atoms with van der Waals surface area (Å²) in [6.07, 6.45) is 3.70. The van der Waals surface area contributed by atoms with E-state index >= 15 is 0 Å². The van der Waals surface area contributed by atoms with Crippen molar-refractivity contribution in [1.82, 2.24) is 9.55 Å². The van der Waals surface area contributed by atoms with Gasteiger partial charge in [-0.15, -0.1) is 0 Å². The number of aryl methyl sites for hydroxylation is 2. The first-order chi connectivity index (χ1) is 8.58. The molecule has 2 rings (SSSR count). The molecule has 0 amide bonds.